The molecule has 0 saturated carbocycles. The fourth-order valence-corrected chi connectivity index (χ4v) is 5.58. The van der Waals surface area contributed by atoms with Gasteiger partial charge in [0.1, 0.15) is 0 Å². The van der Waals surface area contributed by atoms with E-state index in [1.54, 1.807) is 30.9 Å². The van der Waals surface area contributed by atoms with E-state index < -0.39 is 0 Å². The molecule has 0 unspecified atom stereocenters. The van der Waals surface area contributed by atoms with E-state index in [0.717, 1.165) is 55.4 Å². The van der Waals surface area contributed by atoms with E-state index in [4.69, 9.17) is 9.47 Å². The van der Waals surface area contributed by atoms with Gasteiger partial charge >= 0.3 is 40.8 Å². The molecule has 0 saturated heterocycles. The molecule has 0 bridgehead atoms. The van der Waals surface area contributed by atoms with Crippen LogP contribution < -0.4 is 9.47 Å². The summed E-state index contributed by atoms with van der Waals surface area (Å²) in [4.78, 5) is 18.1. The van der Waals surface area contributed by atoms with Gasteiger partial charge in [0, 0.05) is 47.8 Å². The van der Waals surface area contributed by atoms with Crippen molar-refractivity contribution in [1.82, 2.24) is 24.5 Å². The van der Waals surface area contributed by atoms with Crippen molar-refractivity contribution in [2.45, 2.75) is 13.8 Å². The first-order chi connectivity index (χ1) is 23.1. The molecule has 0 aliphatic carbocycles. The van der Waals surface area contributed by atoms with Crippen LogP contribution in [0.25, 0.3) is 50.3 Å². The van der Waals surface area contributed by atoms with Crippen molar-refractivity contribution in [3.63, 3.8) is 0 Å². The van der Waals surface area contributed by atoms with Gasteiger partial charge < -0.3 is 24.0 Å². The number of aromatic nitrogens is 5. The molecule has 0 amide bonds. The Labute approximate surface area is 311 Å². The molecule has 0 aliphatic heterocycles. The van der Waals surface area contributed by atoms with E-state index in [0.29, 0.717) is 28.9 Å². The van der Waals surface area contributed by atoms with Crippen LogP contribution in [0.1, 0.15) is 11.1 Å². The number of rotatable bonds is 7. The zero-order chi connectivity index (χ0) is 31.7. The smallest absolute Gasteiger partial charge is 0.503 e. The third-order valence-corrected chi connectivity index (χ3v) is 7.58. The van der Waals surface area contributed by atoms with Gasteiger partial charge in [-0.2, -0.15) is 22.9 Å². The summed E-state index contributed by atoms with van der Waals surface area (Å²) in [5, 5.41) is 1.90. The molecule has 0 N–H and O–H groups in total. The first-order valence-electron chi connectivity index (χ1n) is 15.0. The van der Waals surface area contributed by atoms with Gasteiger partial charge in [0.15, 0.2) is 0 Å². The molecular formula is C40H25N5O2Pd2. The largest absolute Gasteiger partial charge is 2.00 e. The predicted octanol–water partition coefficient (Wildman–Crippen LogP) is 9.09. The summed E-state index contributed by atoms with van der Waals surface area (Å²) in [6, 6.07) is 42.8. The zero-order valence-corrected chi connectivity index (χ0v) is 29.3. The van der Waals surface area contributed by atoms with Gasteiger partial charge in [0.05, 0.1) is 0 Å². The number of fused-ring (bicyclic) bond motifs is 3. The average Bonchev–Trinajstić information content (AvgIpc) is 3.41. The Hall–Kier alpha value is -5.02. The van der Waals surface area contributed by atoms with Gasteiger partial charge in [-0.05, 0) is 29.6 Å². The minimum atomic E-state index is 0. The van der Waals surface area contributed by atoms with Crippen molar-refractivity contribution in [2.75, 3.05) is 0 Å². The summed E-state index contributed by atoms with van der Waals surface area (Å²) in [6.07, 6.45) is 6.96. The Morgan fingerprint density at radius 2 is 0.959 bits per heavy atom. The summed E-state index contributed by atoms with van der Waals surface area (Å²) >= 11 is 0. The number of benzene rings is 4. The predicted molar refractivity (Wildman–Crippen MR) is 181 cm³/mol. The fraction of sp³-hybridized carbons (Fsp3) is 0.0500. The maximum atomic E-state index is 6.34. The van der Waals surface area contributed by atoms with Crippen molar-refractivity contribution in [3.05, 3.63) is 151 Å². The second-order valence-corrected chi connectivity index (χ2v) is 11.1. The van der Waals surface area contributed by atoms with E-state index in [2.05, 4.69) is 44.2 Å². The van der Waals surface area contributed by atoms with Gasteiger partial charge in [0.2, 0.25) is 5.95 Å². The third kappa shape index (κ3) is 7.08. The van der Waals surface area contributed by atoms with Crippen LogP contribution in [-0.4, -0.2) is 24.5 Å². The van der Waals surface area contributed by atoms with Crippen LogP contribution in [-0.2, 0) is 40.8 Å². The molecule has 7 nitrogen and oxygen atoms in total. The number of hydrogen-bond donors (Lipinski definition) is 0. The topological polar surface area (TPSA) is 75.0 Å². The van der Waals surface area contributed by atoms with Gasteiger partial charge in [-0.25, -0.2) is 9.97 Å². The average molecular weight is 821 g/mol. The maximum Gasteiger partial charge on any atom is 2.00 e. The molecule has 242 valence electrons. The SMILES string of the molecule is Cc1cc(Oc2[c-]c3c(cc2)c2ccc(Oc4[c-]c(-c5ccccn5)cc(C)c4)[c-]c2n3-c2ncccn2)[c-]c(-c2ccccn2)c1.[Pd+2].[Pd+2]. The van der Waals surface area contributed by atoms with Gasteiger partial charge in [-0.15, -0.1) is 58.7 Å². The Kier molecular flexibility index (Phi) is 10.1. The number of hydrogen-bond acceptors (Lipinski definition) is 6. The second kappa shape index (κ2) is 14.6. The molecule has 4 aromatic carbocycles. The van der Waals surface area contributed by atoms with Crippen LogP contribution in [0.5, 0.6) is 23.0 Å². The Morgan fingerprint density at radius 1 is 0.490 bits per heavy atom. The van der Waals surface area contributed by atoms with Gasteiger partial charge in [-0.3, -0.25) is 0 Å². The molecule has 9 heteroatoms. The summed E-state index contributed by atoms with van der Waals surface area (Å²) < 4.78 is 14.6. The Morgan fingerprint density at radius 3 is 1.41 bits per heavy atom. The molecule has 0 spiro atoms. The molecule has 0 aliphatic rings. The van der Waals surface area contributed by atoms with Crippen molar-refractivity contribution < 1.29 is 50.3 Å². The van der Waals surface area contributed by atoms with Gasteiger partial charge in [0.25, 0.3) is 0 Å². The molecule has 0 atom stereocenters. The maximum absolute atomic E-state index is 6.34. The van der Waals surface area contributed by atoms with Crippen LogP contribution in [0.2, 0.25) is 0 Å². The van der Waals surface area contributed by atoms with E-state index in [-0.39, 0.29) is 40.8 Å². The summed E-state index contributed by atoms with van der Waals surface area (Å²) in [6.45, 7) is 4.04. The molecule has 0 radical (unpaired) electrons. The number of aryl methyl sites for hydroxylation is 2. The quantitative estimate of drug-likeness (QED) is 0.118. The minimum absolute atomic E-state index is 0. The molecule has 49 heavy (non-hydrogen) atoms. The Bertz CT molecular complexity index is 2240. The number of ether oxygens (including phenoxy) is 2. The van der Waals surface area contributed by atoms with Gasteiger partial charge in [-0.1, -0.05) is 73.4 Å². The number of nitrogens with zero attached hydrogens (tertiary/aromatic N) is 5. The summed E-state index contributed by atoms with van der Waals surface area (Å²) in [5.41, 5.74) is 6.92. The summed E-state index contributed by atoms with van der Waals surface area (Å²) in [5.74, 6) is 2.68. The van der Waals surface area contributed by atoms with Crippen molar-refractivity contribution in [1.29, 1.82) is 0 Å². The van der Waals surface area contributed by atoms with Crippen LogP contribution in [0.4, 0.5) is 0 Å². The molecular weight excluding hydrogens is 795 g/mol. The number of pyridine rings is 2. The van der Waals surface area contributed by atoms with Crippen LogP contribution in [0, 0.1) is 38.1 Å². The van der Waals surface area contributed by atoms with Crippen LogP contribution in [0.15, 0.2) is 116 Å². The normalized spacial score (nSPS) is 10.7. The minimum Gasteiger partial charge on any atom is -0.503 e. The summed E-state index contributed by atoms with van der Waals surface area (Å²) in [7, 11) is 0. The van der Waals surface area contributed by atoms with E-state index >= 15 is 0 Å². The second-order valence-electron chi connectivity index (χ2n) is 11.1. The zero-order valence-electron chi connectivity index (χ0n) is 26.2. The van der Waals surface area contributed by atoms with Crippen molar-refractivity contribution in [3.8, 4) is 51.5 Å². The van der Waals surface area contributed by atoms with E-state index in [1.807, 2.05) is 103 Å². The Balaban J connectivity index is 0.00000208. The first kappa shape index (κ1) is 33.9. The standard InChI is InChI=1S/C40H25N5O2.2Pd/c1-26-18-28(36-8-3-5-14-41-36)22-32(20-26)46-30-10-12-34-35-13-11-31(25-39(35)45(38(34)24-30)40-43-16-7-17-44-40)47-33-21-27(2)19-29(23-33)37-9-4-6-15-42-37;;/h3-21H,1-2H3;;/q-4;2*+2. The molecule has 4 aromatic heterocycles. The van der Waals surface area contributed by atoms with E-state index in [9.17, 15) is 0 Å². The van der Waals surface area contributed by atoms with E-state index in [1.165, 1.54) is 0 Å². The molecule has 8 aromatic rings. The molecule has 8 rings (SSSR count). The van der Waals surface area contributed by atoms with Crippen LogP contribution >= 0.6 is 0 Å². The van der Waals surface area contributed by atoms with Crippen LogP contribution in [0.3, 0.4) is 0 Å². The molecule has 0 fully saturated rings. The van der Waals surface area contributed by atoms with Crippen molar-refractivity contribution in [2.24, 2.45) is 0 Å². The fourth-order valence-electron chi connectivity index (χ4n) is 5.58. The van der Waals surface area contributed by atoms with Crippen molar-refractivity contribution >= 4 is 21.8 Å². The third-order valence-electron chi connectivity index (χ3n) is 7.58. The monoisotopic (exact) mass is 819 g/mol. The molecule has 4 heterocycles. The first-order valence-corrected chi connectivity index (χ1v) is 15.0.